The number of ketones is 1. The second-order valence-corrected chi connectivity index (χ2v) is 5.87. The fraction of sp³-hybridized carbons (Fsp3) is 0.211. The van der Waals surface area contributed by atoms with Gasteiger partial charge in [-0.25, -0.2) is 0 Å². The van der Waals surface area contributed by atoms with E-state index in [1.54, 1.807) is 18.2 Å². The minimum Gasteiger partial charge on any atom is -0.481 e. The van der Waals surface area contributed by atoms with Crippen molar-refractivity contribution in [2.24, 2.45) is 5.92 Å². The molecule has 8 heteroatoms. The molecule has 0 aliphatic carbocycles. The molecule has 0 aromatic heterocycles. The summed E-state index contributed by atoms with van der Waals surface area (Å²) in [6, 6.07) is 11.3. The van der Waals surface area contributed by atoms with Crippen LogP contribution in [0.15, 0.2) is 54.6 Å². The van der Waals surface area contributed by atoms with Gasteiger partial charge < -0.3 is 10.2 Å². The van der Waals surface area contributed by atoms with Crippen LogP contribution in [0.2, 0.25) is 0 Å². The number of carboxylic acids is 2. The monoisotopic (exact) mass is 380 g/mol. The second-order valence-electron chi connectivity index (χ2n) is 5.87. The van der Waals surface area contributed by atoms with E-state index < -0.39 is 47.7 Å². The lowest BCUT2D eigenvalue weighted by Gasteiger charge is -2.21. The number of alkyl halides is 3. The van der Waals surface area contributed by atoms with Crippen LogP contribution in [0.1, 0.15) is 33.8 Å². The molecule has 2 rings (SSSR count). The Balaban J connectivity index is 2.33. The lowest BCUT2D eigenvalue weighted by Crippen LogP contribution is -2.31. The number of benzene rings is 2. The summed E-state index contributed by atoms with van der Waals surface area (Å²) in [5.74, 6) is -6.89. The first-order chi connectivity index (χ1) is 12.6. The van der Waals surface area contributed by atoms with Crippen molar-refractivity contribution in [3.8, 4) is 0 Å². The van der Waals surface area contributed by atoms with E-state index >= 15 is 0 Å². The highest BCUT2D eigenvalue weighted by Crippen LogP contribution is 2.32. The summed E-state index contributed by atoms with van der Waals surface area (Å²) in [6.07, 6.45) is -5.02. The number of carboxylic acid groups (broad SMARTS) is 2. The van der Waals surface area contributed by atoms with Crippen molar-refractivity contribution in [2.45, 2.75) is 18.5 Å². The SMILES string of the molecule is O=C(CC(c1ccccc1)C(C(=O)O)C(=O)O)c1ccc(C(F)(F)F)cc1. The molecule has 0 saturated carbocycles. The van der Waals surface area contributed by atoms with E-state index in [0.717, 1.165) is 24.3 Å². The van der Waals surface area contributed by atoms with Gasteiger partial charge in [0.15, 0.2) is 11.7 Å². The quantitative estimate of drug-likeness (QED) is 0.562. The number of Topliss-reactive ketones (excluding diaryl/α,β-unsaturated/α-hetero) is 1. The maximum Gasteiger partial charge on any atom is 0.416 e. The molecule has 0 radical (unpaired) electrons. The summed E-state index contributed by atoms with van der Waals surface area (Å²) in [4.78, 5) is 35.3. The van der Waals surface area contributed by atoms with Crippen LogP contribution in [0.5, 0.6) is 0 Å². The van der Waals surface area contributed by atoms with Crippen molar-refractivity contribution in [1.82, 2.24) is 0 Å². The van der Waals surface area contributed by atoms with E-state index in [9.17, 15) is 37.8 Å². The fourth-order valence-corrected chi connectivity index (χ4v) is 2.74. The van der Waals surface area contributed by atoms with Crippen LogP contribution in [0.25, 0.3) is 0 Å². The molecule has 1 atom stereocenters. The van der Waals surface area contributed by atoms with Crippen LogP contribution in [-0.4, -0.2) is 27.9 Å². The van der Waals surface area contributed by atoms with Crippen molar-refractivity contribution in [3.63, 3.8) is 0 Å². The lowest BCUT2D eigenvalue weighted by atomic mass is 9.81. The summed E-state index contributed by atoms with van der Waals surface area (Å²) in [5, 5.41) is 18.5. The number of halogens is 3. The van der Waals surface area contributed by atoms with E-state index in [0.29, 0.717) is 5.56 Å². The fourth-order valence-electron chi connectivity index (χ4n) is 2.74. The molecule has 0 fully saturated rings. The molecule has 1 unspecified atom stereocenters. The molecule has 5 nitrogen and oxygen atoms in total. The number of carbonyl (C=O) groups excluding carboxylic acids is 1. The Bertz CT molecular complexity index is 815. The summed E-state index contributed by atoms with van der Waals surface area (Å²) in [6.45, 7) is 0. The first-order valence-corrected chi connectivity index (χ1v) is 7.82. The lowest BCUT2D eigenvalue weighted by molar-refractivity contribution is -0.155. The van der Waals surface area contributed by atoms with Crippen molar-refractivity contribution in [3.05, 3.63) is 71.3 Å². The zero-order chi connectivity index (χ0) is 20.2. The highest BCUT2D eigenvalue weighted by Gasteiger charge is 2.37. The normalized spacial score (nSPS) is 12.6. The van der Waals surface area contributed by atoms with Gasteiger partial charge in [-0.15, -0.1) is 0 Å². The first-order valence-electron chi connectivity index (χ1n) is 7.82. The van der Waals surface area contributed by atoms with Crippen LogP contribution >= 0.6 is 0 Å². The molecular formula is C19H15F3O5. The van der Waals surface area contributed by atoms with Crippen LogP contribution in [0.3, 0.4) is 0 Å². The molecule has 27 heavy (non-hydrogen) atoms. The van der Waals surface area contributed by atoms with Crippen molar-refractivity contribution < 1.29 is 37.8 Å². The molecule has 2 N–H and O–H groups in total. The van der Waals surface area contributed by atoms with Crippen LogP contribution in [0.4, 0.5) is 13.2 Å². The maximum absolute atomic E-state index is 12.6. The molecular weight excluding hydrogens is 365 g/mol. The van der Waals surface area contributed by atoms with Crippen molar-refractivity contribution in [2.75, 3.05) is 0 Å². The third kappa shape index (κ3) is 4.93. The second kappa shape index (κ2) is 8.03. The van der Waals surface area contributed by atoms with Gasteiger partial charge in [0.05, 0.1) is 5.56 Å². The average Bonchev–Trinajstić information content (AvgIpc) is 2.60. The van der Waals surface area contributed by atoms with Gasteiger partial charge in [0.2, 0.25) is 0 Å². The Morgan fingerprint density at radius 1 is 0.852 bits per heavy atom. The molecule has 0 aliphatic rings. The molecule has 142 valence electrons. The highest BCUT2D eigenvalue weighted by molar-refractivity contribution is 5.99. The predicted molar refractivity (Wildman–Crippen MR) is 88.3 cm³/mol. The number of hydrogen-bond donors (Lipinski definition) is 2. The molecule has 2 aromatic carbocycles. The van der Waals surface area contributed by atoms with Crippen molar-refractivity contribution in [1.29, 1.82) is 0 Å². The summed E-state index contributed by atoms with van der Waals surface area (Å²) in [7, 11) is 0. The van der Waals surface area contributed by atoms with Gasteiger partial charge in [0.25, 0.3) is 0 Å². The third-order valence-corrected chi connectivity index (χ3v) is 4.10. The van der Waals surface area contributed by atoms with Crippen LogP contribution in [0, 0.1) is 5.92 Å². The van der Waals surface area contributed by atoms with Gasteiger partial charge in [-0.05, 0) is 17.7 Å². The van der Waals surface area contributed by atoms with Gasteiger partial charge in [-0.2, -0.15) is 13.2 Å². The Labute approximate surface area is 152 Å². The number of carbonyl (C=O) groups is 3. The van der Waals surface area contributed by atoms with Crippen LogP contribution < -0.4 is 0 Å². The largest absolute Gasteiger partial charge is 0.481 e. The van der Waals surface area contributed by atoms with Gasteiger partial charge in [-0.3, -0.25) is 14.4 Å². The van der Waals surface area contributed by atoms with E-state index in [4.69, 9.17) is 0 Å². The van der Waals surface area contributed by atoms with E-state index in [2.05, 4.69) is 0 Å². The predicted octanol–water partition coefficient (Wildman–Crippen LogP) is 3.85. The Morgan fingerprint density at radius 3 is 1.81 bits per heavy atom. The van der Waals surface area contributed by atoms with Crippen LogP contribution in [-0.2, 0) is 15.8 Å². The van der Waals surface area contributed by atoms with Gasteiger partial charge in [0.1, 0.15) is 0 Å². The molecule has 0 bridgehead atoms. The smallest absolute Gasteiger partial charge is 0.416 e. The molecule has 0 aliphatic heterocycles. The van der Waals surface area contributed by atoms with Gasteiger partial charge in [-0.1, -0.05) is 42.5 Å². The van der Waals surface area contributed by atoms with E-state index in [-0.39, 0.29) is 5.56 Å². The summed E-state index contributed by atoms with van der Waals surface area (Å²) >= 11 is 0. The summed E-state index contributed by atoms with van der Waals surface area (Å²) in [5.41, 5.74) is -0.640. The summed E-state index contributed by atoms with van der Waals surface area (Å²) < 4.78 is 37.9. The number of aliphatic carboxylic acids is 2. The zero-order valence-corrected chi connectivity index (χ0v) is 13.8. The molecule has 0 saturated heterocycles. The topological polar surface area (TPSA) is 91.7 Å². The third-order valence-electron chi connectivity index (χ3n) is 4.10. The minimum atomic E-state index is -4.55. The highest BCUT2D eigenvalue weighted by atomic mass is 19.4. The van der Waals surface area contributed by atoms with E-state index in [1.165, 1.54) is 12.1 Å². The standard InChI is InChI=1S/C19H15F3O5/c20-19(21,22)13-8-6-12(7-9-13)15(23)10-14(11-4-2-1-3-5-11)16(17(24)25)18(26)27/h1-9,14,16H,10H2,(H,24,25)(H,26,27). The Morgan fingerprint density at radius 2 is 1.37 bits per heavy atom. The molecule has 0 amide bonds. The van der Waals surface area contributed by atoms with E-state index in [1.807, 2.05) is 0 Å². The Hall–Kier alpha value is -3.16. The molecule has 0 spiro atoms. The number of hydrogen-bond acceptors (Lipinski definition) is 3. The van der Waals surface area contributed by atoms with Crippen molar-refractivity contribution >= 4 is 17.7 Å². The van der Waals surface area contributed by atoms with Gasteiger partial charge >= 0.3 is 18.1 Å². The molecule has 0 heterocycles. The maximum atomic E-state index is 12.6. The minimum absolute atomic E-state index is 0.0570. The Kier molecular flexibility index (Phi) is 5.99. The first kappa shape index (κ1) is 20.2. The van der Waals surface area contributed by atoms with Gasteiger partial charge in [0, 0.05) is 17.9 Å². The number of rotatable bonds is 7. The molecule has 2 aromatic rings. The zero-order valence-electron chi connectivity index (χ0n) is 13.8. The average molecular weight is 380 g/mol.